The van der Waals surface area contributed by atoms with Gasteiger partial charge >= 0.3 is 5.97 Å². The van der Waals surface area contributed by atoms with Gasteiger partial charge in [0.05, 0.1) is 23.1 Å². The van der Waals surface area contributed by atoms with Crippen molar-refractivity contribution >= 4 is 49.8 Å². The fraction of sp³-hybridized carbons (Fsp3) is 0.278. The number of amides is 2. The molecule has 154 valence electrons. The van der Waals surface area contributed by atoms with Crippen molar-refractivity contribution in [1.29, 1.82) is 0 Å². The van der Waals surface area contributed by atoms with Crippen LogP contribution in [0.1, 0.15) is 37.6 Å². The fourth-order valence-electron chi connectivity index (χ4n) is 3.07. The summed E-state index contributed by atoms with van der Waals surface area (Å²) in [5.41, 5.74) is 6.65. The summed E-state index contributed by atoms with van der Waals surface area (Å²) in [6, 6.07) is 5.88. The second kappa shape index (κ2) is 8.21. The zero-order chi connectivity index (χ0) is 21.2. The Labute approximate surface area is 171 Å². The summed E-state index contributed by atoms with van der Waals surface area (Å²) < 4.78 is 30.1. The number of nitrogens with two attached hydrogens (primary N) is 1. The number of hydrogen-bond acceptors (Lipinski definition) is 7. The molecule has 2 amide bonds. The summed E-state index contributed by atoms with van der Waals surface area (Å²) in [6.07, 6.45) is 3.46. The average molecular weight is 437 g/mol. The molecule has 9 nitrogen and oxygen atoms in total. The maximum absolute atomic E-state index is 12.3. The number of rotatable bonds is 7. The highest BCUT2D eigenvalue weighted by Crippen LogP contribution is 2.38. The molecule has 3 rings (SSSR count). The number of fused-ring (bicyclic) bond motifs is 1. The topological polar surface area (TPSA) is 145 Å². The highest BCUT2D eigenvalue weighted by molar-refractivity contribution is 7.92. The quantitative estimate of drug-likeness (QED) is 0.560. The third-order valence-corrected chi connectivity index (χ3v) is 6.00. The Balaban J connectivity index is 1.67. The van der Waals surface area contributed by atoms with E-state index in [2.05, 4.69) is 10.0 Å². The van der Waals surface area contributed by atoms with Crippen molar-refractivity contribution in [1.82, 2.24) is 0 Å². The Morgan fingerprint density at radius 1 is 1.21 bits per heavy atom. The largest absolute Gasteiger partial charge is 0.452 e. The van der Waals surface area contributed by atoms with Crippen LogP contribution in [0.15, 0.2) is 24.3 Å². The van der Waals surface area contributed by atoms with E-state index < -0.39 is 34.4 Å². The number of aryl methyl sites for hydroxylation is 1. The van der Waals surface area contributed by atoms with E-state index in [1.54, 1.807) is 6.07 Å². The van der Waals surface area contributed by atoms with Crippen molar-refractivity contribution in [2.45, 2.75) is 19.3 Å². The lowest BCUT2D eigenvalue weighted by molar-refractivity contribution is -0.119. The molecule has 29 heavy (non-hydrogen) atoms. The number of carbonyl (C=O) groups excluding carboxylic acids is 3. The van der Waals surface area contributed by atoms with Crippen molar-refractivity contribution in [2.75, 3.05) is 22.9 Å². The monoisotopic (exact) mass is 437 g/mol. The highest BCUT2D eigenvalue weighted by atomic mass is 32.2. The van der Waals surface area contributed by atoms with Crippen LogP contribution >= 0.6 is 11.3 Å². The number of para-hydroxylation sites is 1. The standard InChI is InChI=1S/C18H19N3O6S2/c1-29(25,26)21-12-7-3-2-5-10(12)18(24)27-9-14(22)20-17-15(16(19)23)11-6-4-8-13(11)28-17/h2-3,5,7,21H,4,6,8-9H2,1H3,(H2,19,23)(H,20,22). The molecule has 1 heterocycles. The van der Waals surface area contributed by atoms with Crippen molar-refractivity contribution in [3.8, 4) is 0 Å². The Morgan fingerprint density at radius 2 is 1.93 bits per heavy atom. The molecule has 0 radical (unpaired) electrons. The molecule has 1 aromatic carbocycles. The van der Waals surface area contributed by atoms with Crippen LogP contribution in [0.3, 0.4) is 0 Å². The Hall–Kier alpha value is -2.92. The van der Waals surface area contributed by atoms with E-state index in [-0.39, 0.29) is 11.3 Å². The minimum absolute atomic E-state index is 0.0290. The number of anilines is 2. The van der Waals surface area contributed by atoms with Crippen LogP contribution in [-0.4, -0.2) is 39.1 Å². The molecule has 0 saturated heterocycles. The zero-order valence-corrected chi connectivity index (χ0v) is 17.1. The molecular weight excluding hydrogens is 418 g/mol. The lowest BCUT2D eigenvalue weighted by Crippen LogP contribution is -2.23. The maximum atomic E-state index is 12.3. The fourth-order valence-corrected chi connectivity index (χ4v) is 4.96. The van der Waals surface area contributed by atoms with Gasteiger partial charge in [-0.05, 0) is 37.0 Å². The predicted octanol–water partition coefficient (Wildman–Crippen LogP) is 1.50. The molecule has 4 N–H and O–H groups in total. The zero-order valence-electron chi connectivity index (χ0n) is 15.5. The Kier molecular flexibility index (Phi) is 5.89. The summed E-state index contributed by atoms with van der Waals surface area (Å²) >= 11 is 1.29. The van der Waals surface area contributed by atoms with Gasteiger partial charge in [-0.15, -0.1) is 11.3 Å². The van der Waals surface area contributed by atoms with Gasteiger partial charge in [-0.3, -0.25) is 14.3 Å². The molecule has 11 heteroatoms. The third kappa shape index (κ3) is 4.93. The molecule has 0 bridgehead atoms. The van der Waals surface area contributed by atoms with E-state index in [9.17, 15) is 22.8 Å². The summed E-state index contributed by atoms with van der Waals surface area (Å²) in [5.74, 6) is -2.11. The number of esters is 1. The first-order chi connectivity index (χ1) is 13.7. The van der Waals surface area contributed by atoms with Gasteiger partial charge in [-0.2, -0.15) is 0 Å². The van der Waals surface area contributed by atoms with Gasteiger partial charge in [-0.25, -0.2) is 13.2 Å². The molecule has 0 aliphatic heterocycles. The molecule has 0 atom stereocenters. The van der Waals surface area contributed by atoms with Crippen molar-refractivity contribution < 1.29 is 27.5 Å². The van der Waals surface area contributed by atoms with Crippen LogP contribution in [0.5, 0.6) is 0 Å². The highest BCUT2D eigenvalue weighted by Gasteiger charge is 2.26. The minimum Gasteiger partial charge on any atom is -0.452 e. The van der Waals surface area contributed by atoms with E-state index in [1.807, 2.05) is 0 Å². The molecular formula is C18H19N3O6S2. The van der Waals surface area contributed by atoms with E-state index in [0.29, 0.717) is 10.6 Å². The van der Waals surface area contributed by atoms with Crippen LogP contribution in [0.25, 0.3) is 0 Å². The number of carbonyl (C=O) groups is 3. The molecule has 0 unspecified atom stereocenters. The first-order valence-electron chi connectivity index (χ1n) is 8.64. The first-order valence-corrected chi connectivity index (χ1v) is 11.3. The van der Waals surface area contributed by atoms with Crippen LogP contribution in [-0.2, 0) is 32.4 Å². The van der Waals surface area contributed by atoms with Crippen molar-refractivity contribution in [3.63, 3.8) is 0 Å². The minimum atomic E-state index is -3.60. The van der Waals surface area contributed by atoms with Gasteiger partial charge < -0.3 is 15.8 Å². The third-order valence-electron chi connectivity index (χ3n) is 4.20. The molecule has 0 saturated carbocycles. The van der Waals surface area contributed by atoms with Crippen LogP contribution in [0.4, 0.5) is 10.7 Å². The molecule has 1 aliphatic carbocycles. The molecule has 0 spiro atoms. The summed E-state index contributed by atoms with van der Waals surface area (Å²) in [5, 5.41) is 2.92. The lowest BCUT2D eigenvalue weighted by atomic mass is 10.1. The number of thiophene rings is 1. The number of hydrogen-bond donors (Lipinski definition) is 3. The lowest BCUT2D eigenvalue weighted by Gasteiger charge is -2.10. The average Bonchev–Trinajstić information content (AvgIpc) is 3.19. The molecule has 0 fully saturated rings. The van der Waals surface area contributed by atoms with Gasteiger partial charge in [0.15, 0.2) is 6.61 Å². The number of primary amides is 1. The van der Waals surface area contributed by atoms with Gasteiger partial charge in [0, 0.05) is 4.88 Å². The van der Waals surface area contributed by atoms with Gasteiger partial charge in [0.1, 0.15) is 5.00 Å². The number of ether oxygens (including phenoxy) is 1. The Bertz CT molecular complexity index is 1090. The SMILES string of the molecule is CS(=O)(=O)Nc1ccccc1C(=O)OCC(=O)Nc1sc2c(c1C(N)=O)CCC2. The Morgan fingerprint density at radius 3 is 2.62 bits per heavy atom. The van der Waals surface area contributed by atoms with E-state index in [0.717, 1.165) is 36.0 Å². The van der Waals surface area contributed by atoms with Crippen molar-refractivity contribution in [3.05, 3.63) is 45.8 Å². The van der Waals surface area contributed by atoms with Crippen LogP contribution < -0.4 is 15.8 Å². The van der Waals surface area contributed by atoms with Crippen molar-refractivity contribution in [2.24, 2.45) is 5.73 Å². The van der Waals surface area contributed by atoms with Gasteiger partial charge in [-0.1, -0.05) is 12.1 Å². The van der Waals surface area contributed by atoms with E-state index in [1.165, 1.54) is 29.5 Å². The number of benzene rings is 1. The van der Waals surface area contributed by atoms with Crippen LogP contribution in [0.2, 0.25) is 0 Å². The second-order valence-electron chi connectivity index (χ2n) is 6.47. The first kappa shape index (κ1) is 20.8. The predicted molar refractivity (Wildman–Crippen MR) is 109 cm³/mol. The number of sulfonamides is 1. The molecule has 1 aromatic heterocycles. The maximum Gasteiger partial charge on any atom is 0.340 e. The van der Waals surface area contributed by atoms with Crippen LogP contribution in [0, 0.1) is 0 Å². The molecule has 2 aromatic rings. The summed E-state index contributed by atoms with van der Waals surface area (Å²) in [4.78, 5) is 37.3. The second-order valence-corrected chi connectivity index (χ2v) is 9.32. The van der Waals surface area contributed by atoms with Gasteiger partial charge in [0.2, 0.25) is 10.0 Å². The van der Waals surface area contributed by atoms with Gasteiger partial charge in [0.25, 0.3) is 11.8 Å². The smallest absolute Gasteiger partial charge is 0.340 e. The normalized spacial score (nSPS) is 12.9. The van der Waals surface area contributed by atoms with E-state index >= 15 is 0 Å². The summed E-state index contributed by atoms with van der Waals surface area (Å²) in [6.45, 7) is -0.604. The molecule has 1 aliphatic rings. The summed E-state index contributed by atoms with van der Waals surface area (Å²) in [7, 11) is -3.60. The van der Waals surface area contributed by atoms with E-state index in [4.69, 9.17) is 10.5 Å². The number of nitrogens with one attached hydrogen (secondary N) is 2.